The topological polar surface area (TPSA) is 32.7 Å². The molecular weight excluding hydrogens is 286 g/mol. The van der Waals surface area contributed by atoms with Crippen LogP contribution in [0.3, 0.4) is 0 Å². The smallest absolute Gasteiger partial charge is 0.122 e. The zero-order valence-electron chi connectivity index (χ0n) is 14.0. The van der Waals surface area contributed by atoms with Gasteiger partial charge < -0.3 is 9.84 Å². The Morgan fingerprint density at radius 1 is 1.09 bits per heavy atom. The second kappa shape index (κ2) is 7.16. The van der Waals surface area contributed by atoms with Gasteiger partial charge in [-0.3, -0.25) is 4.90 Å². The van der Waals surface area contributed by atoms with Crippen molar-refractivity contribution in [3.05, 3.63) is 64.7 Å². The van der Waals surface area contributed by atoms with Gasteiger partial charge in [-0.25, -0.2) is 0 Å². The van der Waals surface area contributed by atoms with Gasteiger partial charge in [0.25, 0.3) is 0 Å². The summed E-state index contributed by atoms with van der Waals surface area (Å²) in [5, 5.41) is 10.3. The highest BCUT2D eigenvalue weighted by Crippen LogP contribution is 2.21. The van der Waals surface area contributed by atoms with Crippen molar-refractivity contribution < 1.29 is 9.84 Å². The van der Waals surface area contributed by atoms with Gasteiger partial charge in [0.1, 0.15) is 18.5 Å². The van der Waals surface area contributed by atoms with Crippen molar-refractivity contribution in [1.29, 1.82) is 0 Å². The van der Waals surface area contributed by atoms with Crippen molar-refractivity contribution in [3.63, 3.8) is 0 Å². The molecule has 0 aliphatic carbocycles. The number of ether oxygens (including phenoxy) is 1. The maximum atomic E-state index is 10.3. The molecule has 0 spiro atoms. The molecule has 0 aromatic heterocycles. The Hall–Kier alpha value is -1.84. The maximum Gasteiger partial charge on any atom is 0.122 e. The molecule has 0 saturated carbocycles. The largest absolute Gasteiger partial charge is 0.491 e. The zero-order chi connectivity index (χ0) is 16.2. The summed E-state index contributed by atoms with van der Waals surface area (Å²) in [5.74, 6) is 0.869. The second-order valence-corrected chi connectivity index (χ2v) is 6.42. The lowest BCUT2D eigenvalue weighted by Crippen LogP contribution is -2.38. The number of rotatable bonds is 5. The fourth-order valence-electron chi connectivity index (χ4n) is 3.13. The second-order valence-electron chi connectivity index (χ2n) is 6.42. The molecule has 0 saturated heterocycles. The molecule has 0 amide bonds. The summed E-state index contributed by atoms with van der Waals surface area (Å²) in [7, 11) is 0. The predicted molar refractivity (Wildman–Crippen MR) is 92.8 cm³/mol. The molecule has 2 aromatic carbocycles. The van der Waals surface area contributed by atoms with Gasteiger partial charge in [-0.15, -0.1) is 0 Å². The van der Waals surface area contributed by atoms with Crippen LogP contribution in [0.1, 0.15) is 22.3 Å². The van der Waals surface area contributed by atoms with Crippen LogP contribution in [0.15, 0.2) is 42.5 Å². The van der Waals surface area contributed by atoms with Gasteiger partial charge in [0.05, 0.1) is 0 Å². The van der Waals surface area contributed by atoms with Gasteiger partial charge in [0, 0.05) is 19.6 Å². The van der Waals surface area contributed by atoms with Crippen LogP contribution < -0.4 is 4.74 Å². The molecule has 1 atom stereocenters. The number of aliphatic hydroxyl groups is 1. The molecule has 2 aromatic rings. The van der Waals surface area contributed by atoms with E-state index in [4.69, 9.17) is 4.74 Å². The Morgan fingerprint density at radius 3 is 2.70 bits per heavy atom. The standard InChI is InChI=1S/C20H25NO2/c1-15-6-5-9-20(16(15)2)23-14-19(22)13-21-11-10-17-7-3-4-8-18(17)12-21/h3-9,19,22H,10-14H2,1-2H3. The SMILES string of the molecule is Cc1cccc(OCC(O)CN2CCc3ccccc3C2)c1C. The van der Waals surface area contributed by atoms with Gasteiger partial charge in [-0.1, -0.05) is 36.4 Å². The number of aryl methyl sites for hydroxylation is 1. The Kier molecular flexibility index (Phi) is 4.99. The average Bonchev–Trinajstić information content (AvgIpc) is 2.56. The molecule has 23 heavy (non-hydrogen) atoms. The first-order valence-corrected chi connectivity index (χ1v) is 8.29. The molecule has 3 nitrogen and oxygen atoms in total. The summed E-state index contributed by atoms with van der Waals surface area (Å²) < 4.78 is 5.81. The average molecular weight is 311 g/mol. The number of hydrogen-bond acceptors (Lipinski definition) is 3. The summed E-state index contributed by atoms with van der Waals surface area (Å²) in [6.45, 7) is 7.03. The third kappa shape index (κ3) is 3.92. The number of fused-ring (bicyclic) bond motifs is 1. The van der Waals surface area contributed by atoms with E-state index in [1.54, 1.807) is 0 Å². The molecule has 0 radical (unpaired) electrons. The highest BCUT2D eigenvalue weighted by molar-refractivity contribution is 5.38. The molecule has 1 unspecified atom stereocenters. The van der Waals surface area contributed by atoms with Crippen molar-refractivity contribution in [3.8, 4) is 5.75 Å². The Bertz CT molecular complexity index is 668. The van der Waals surface area contributed by atoms with E-state index in [2.05, 4.69) is 49.1 Å². The summed E-state index contributed by atoms with van der Waals surface area (Å²) in [4.78, 5) is 2.31. The minimum atomic E-state index is -0.472. The first-order valence-electron chi connectivity index (χ1n) is 8.29. The fourth-order valence-corrected chi connectivity index (χ4v) is 3.13. The molecule has 0 bridgehead atoms. The van der Waals surface area contributed by atoms with Crippen LogP contribution in [0.4, 0.5) is 0 Å². The van der Waals surface area contributed by atoms with Crippen molar-refractivity contribution >= 4 is 0 Å². The number of aliphatic hydroxyl groups excluding tert-OH is 1. The lowest BCUT2D eigenvalue weighted by atomic mass is 10.00. The quantitative estimate of drug-likeness (QED) is 0.921. The highest BCUT2D eigenvalue weighted by Gasteiger charge is 2.18. The summed E-state index contributed by atoms with van der Waals surface area (Å²) in [6.07, 6.45) is 0.584. The van der Waals surface area contributed by atoms with Crippen LogP contribution in [-0.4, -0.2) is 35.8 Å². The number of β-amino-alcohol motifs (C(OH)–C–C–N with tert-alkyl or cyclic N) is 1. The van der Waals surface area contributed by atoms with Crippen molar-refractivity contribution in [2.75, 3.05) is 19.7 Å². The molecule has 1 aliphatic heterocycles. The van der Waals surface area contributed by atoms with E-state index in [-0.39, 0.29) is 0 Å². The van der Waals surface area contributed by atoms with E-state index < -0.39 is 6.10 Å². The van der Waals surface area contributed by atoms with Crippen LogP contribution in [0.5, 0.6) is 5.75 Å². The van der Waals surface area contributed by atoms with Crippen molar-refractivity contribution in [2.45, 2.75) is 32.9 Å². The molecular formula is C20H25NO2. The fraction of sp³-hybridized carbons (Fsp3) is 0.400. The summed E-state index contributed by atoms with van der Waals surface area (Å²) in [6, 6.07) is 14.6. The molecule has 3 heteroatoms. The number of benzene rings is 2. The third-order valence-corrected chi connectivity index (χ3v) is 4.66. The minimum absolute atomic E-state index is 0.336. The lowest BCUT2D eigenvalue weighted by molar-refractivity contribution is 0.0635. The van der Waals surface area contributed by atoms with E-state index >= 15 is 0 Å². The van der Waals surface area contributed by atoms with Crippen LogP contribution in [0.25, 0.3) is 0 Å². The molecule has 0 fully saturated rings. The summed E-state index contributed by atoms with van der Waals surface area (Å²) in [5.41, 5.74) is 5.17. The van der Waals surface area contributed by atoms with E-state index in [1.807, 2.05) is 12.1 Å². The maximum absolute atomic E-state index is 10.3. The van der Waals surface area contributed by atoms with E-state index in [1.165, 1.54) is 16.7 Å². The highest BCUT2D eigenvalue weighted by atomic mass is 16.5. The minimum Gasteiger partial charge on any atom is -0.491 e. The molecule has 122 valence electrons. The van der Waals surface area contributed by atoms with Crippen molar-refractivity contribution in [1.82, 2.24) is 4.90 Å². The van der Waals surface area contributed by atoms with Crippen LogP contribution in [-0.2, 0) is 13.0 Å². The lowest BCUT2D eigenvalue weighted by Gasteiger charge is -2.30. The van der Waals surface area contributed by atoms with Gasteiger partial charge >= 0.3 is 0 Å². The van der Waals surface area contributed by atoms with Gasteiger partial charge in [0.2, 0.25) is 0 Å². The molecule has 1 heterocycles. The third-order valence-electron chi connectivity index (χ3n) is 4.66. The van der Waals surface area contributed by atoms with E-state index in [9.17, 15) is 5.11 Å². The molecule has 1 N–H and O–H groups in total. The Balaban J connectivity index is 1.52. The number of hydrogen-bond donors (Lipinski definition) is 1. The monoisotopic (exact) mass is 311 g/mol. The van der Waals surface area contributed by atoms with Gasteiger partial charge in [-0.2, -0.15) is 0 Å². The van der Waals surface area contributed by atoms with E-state index in [0.29, 0.717) is 13.2 Å². The van der Waals surface area contributed by atoms with Gasteiger partial charge in [-0.05, 0) is 48.6 Å². The van der Waals surface area contributed by atoms with Crippen LogP contribution in [0, 0.1) is 13.8 Å². The zero-order valence-corrected chi connectivity index (χ0v) is 14.0. The Labute approximate surface area is 138 Å². The molecule has 1 aliphatic rings. The number of nitrogens with zero attached hydrogens (tertiary/aromatic N) is 1. The predicted octanol–water partition coefficient (Wildman–Crippen LogP) is 3.10. The first-order chi connectivity index (χ1) is 11.1. The normalized spacial score (nSPS) is 16.0. The van der Waals surface area contributed by atoms with Crippen LogP contribution >= 0.6 is 0 Å². The van der Waals surface area contributed by atoms with E-state index in [0.717, 1.165) is 30.8 Å². The van der Waals surface area contributed by atoms with Crippen molar-refractivity contribution in [2.24, 2.45) is 0 Å². The van der Waals surface area contributed by atoms with Gasteiger partial charge in [0.15, 0.2) is 0 Å². The van der Waals surface area contributed by atoms with Crippen LogP contribution in [0.2, 0.25) is 0 Å². The summed E-state index contributed by atoms with van der Waals surface area (Å²) >= 11 is 0. The first kappa shape index (κ1) is 16.0. The Morgan fingerprint density at radius 2 is 1.87 bits per heavy atom. The molecule has 3 rings (SSSR count).